The number of nitrogens with one attached hydrogen (secondary N) is 1. The second-order valence-electron chi connectivity index (χ2n) is 8.21. The summed E-state index contributed by atoms with van der Waals surface area (Å²) < 4.78 is 71.9. The molecule has 164 valence electrons. The summed E-state index contributed by atoms with van der Waals surface area (Å²) in [5.74, 6) is -0.426. The van der Waals surface area contributed by atoms with Crippen molar-refractivity contribution in [1.29, 1.82) is 0 Å². The van der Waals surface area contributed by atoms with Crippen LogP contribution in [0.1, 0.15) is 57.1 Å². The van der Waals surface area contributed by atoms with Crippen molar-refractivity contribution in [2.45, 2.75) is 69.9 Å². The van der Waals surface area contributed by atoms with Crippen LogP contribution < -0.4 is 5.32 Å². The van der Waals surface area contributed by atoms with E-state index in [-0.39, 0.29) is 6.42 Å². The molecule has 6 nitrogen and oxygen atoms in total. The number of hydrogen-bond donors (Lipinski definition) is 1. The Hall–Kier alpha value is -1.81. The number of benzene rings is 1. The predicted molar refractivity (Wildman–Crippen MR) is 101 cm³/mol. The quantitative estimate of drug-likeness (QED) is 0.714. The van der Waals surface area contributed by atoms with Crippen LogP contribution in [0.5, 0.6) is 0 Å². The minimum Gasteiger partial charge on any atom is -0.444 e. The van der Waals surface area contributed by atoms with Crippen LogP contribution in [0.4, 0.5) is 18.0 Å². The highest BCUT2D eigenvalue weighted by atomic mass is 32.2. The molecular formula is C19H26F3NO5S. The zero-order valence-corrected chi connectivity index (χ0v) is 17.6. The lowest BCUT2D eigenvalue weighted by molar-refractivity contribution is -0.137. The Labute approximate surface area is 168 Å². The molecule has 1 saturated carbocycles. The highest BCUT2D eigenvalue weighted by Crippen LogP contribution is 2.37. The normalized spacial score (nSPS) is 23.5. The smallest absolute Gasteiger partial charge is 0.416 e. The van der Waals surface area contributed by atoms with E-state index in [1.54, 1.807) is 20.8 Å². The predicted octanol–water partition coefficient (Wildman–Crippen LogP) is 4.21. The van der Waals surface area contributed by atoms with Gasteiger partial charge in [0.1, 0.15) is 5.60 Å². The molecule has 3 atom stereocenters. The Morgan fingerprint density at radius 1 is 1.10 bits per heavy atom. The zero-order valence-electron chi connectivity index (χ0n) is 16.7. The van der Waals surface area contributed by atoms with Crippen LogP contribution in [0.15, 0.2) is 24.3 Å². The molecule has 0 aromatic heterocycles. The summed E-state index contributed by atoms with van der Waals surface area (Å²) in [7, 11) is -3.68. The Kier molecular flexibility index (Phi) is 6.89. The molecule has 1 fully saturated rings. The summed E-state index contributed by atoms with van der Waals surface area (Å²) >= 11 is 0. The average molecular weight is 437 g/mol. The van der Waals surface area contributed by atoms with Gasteiger partial charge in [0.25, 0.3) is 10.1 Å². The van der Waals surface area contributed by atoms with Crippen LogP contribution >= 0.6 is 0 Å². The van der Waals surface area contributed by atoms with Crippen LogP contribution in [0.3, 0.4) is 0 Å². The van der Waals surface area contributed by atoms with E-state index in [1.807, 2.05) is 0 Å². The number of carbonyl (C=O) groups excluding carboxylic acids is 1. The Bertz CT molecular complexity index is 816. The number of alkyl carbamates (subject to hydrolysis) is 1. The van der Waals surface area contributed by atoms with Gasteiger partial charge in [-0.3, -0.25) is 4.18 Å². The minimum absolute atomic E-state index is 0.235. The Morgan fingerprint density at radius 3 is 2.17 bits per heavy atom. The molecule has 1 aliphatic rings. The summed E-state index contributed by atoms with van der Waals surface area (Å²) in [4.78, 5) is 12.2. The van der Waals surface area contributed by atoms with E-state index >= 15 is 0 Å². The minimum atomic E-state index is -4.46. The lowest BCUT2D eigenvalue weighted by atomic mass is 9.78. The lowest BCUT2D eigenvalue weighted by Crippen LogP contribution is -2.46. The lowest BCUT2D eigenvalue weighted by Gasteiger charge is -2.36. The number of hydrogen-bond acceptors (Lipinski definition) is 5. The number of alkyl halides is 3. The van der Waals surface area contributed by atoms with Crippen molar-refractivity contribution in [3.05, 3.63) is 35.4 Å². The largest absolute Gasteiger partial charge is 0.444 e. The average Bonchev–Trinajstić information content (AvgIpc) is 2.52. The molecule has 0 bridgehead atoms. The van der Waals surface area contributed by atoms with Crippen LogP contribution in [-0.2, 0) is 25.2 Å². The summed E-state index contributed by atoms with van der Waals surface area (Å²) in [6.07, 6.45) is -3.75. The number of ether oxygens (including phenoxy) is 1. The van der Waals surface area contributed by atoms with Gasteiger partial charge in [-0.1, -0.05) is 12.1 Å². The van der Waals surface area contributed by atoms with Gasteiger partial charge in [-0.05, 0) is 57.7 Å². The maximum atomic E-state index is 12.9. The van der Waals surface area contributed by atoms with E-state index < -0.39 is 51.6 Å². The first-order valence-electron chi connectivity index (χ1n) is 9.19. The fraction of sp³-hybridized carbons (Fsp3) is 0.632. The fourth-order valence-electron chi connectivity index (χ4n) is 3.39. The molecule has 0 spiro atoms. The molecule has 0 radical (unpaired) electrons. The third kappa shape index (κ3) is 7.50. The molecule has 10 heteroatoms. The van der Waals surface area contributed by atoms with Gasteiger partial charge < -0.3 is 10.1 Å². The van der Waals surface area contributed by atoms with Crippen molar-refractivity contribution in [2.24, 2.45) is 0 Å². The highest BCUT2D eigenvalue weighted by molar-refractivity contribution is 7.86. The topological polar surface area (TPSA) is 81.7 Å². The maximum absolute atomic E-state index is 12.9. The van der Waals surface area contributed by atoms with Crippen LogP contribution in [-0.4, -0.2) is 38.5 Å². The monoisotopic (exact) mass is 437 g/mol. The van der Waals surface area contributed by atoms with E-state index in [0.717, 1.165) is 18.4 Å². The molecular weight excluding hydrogens is 411 g/mol. The van der Waals surface area contributed by atoms with E-state index in [2.05, 4.69) is 5.32 Å². The highest BCUT2D eigenvalue weighted by Gasteiger charge is 2.36. The van der Waals surface area contributed by atoms with Crippen molar-refractivity contribution < 1.29 is 35.3 Å². The van der Waals surface area contributed by atoms with Gasteiger partial charge in [0.15, 0.2) is 0 Å². The Balaban J connectivity index is 2.24. The van der Waals surface area contributed by atoms with Gasteiger partial charge in [0, 0.05) is 12.0 Å². The summed E-state index contributed by atoms with van der Waals surface area (Å²) in [5.41, 5.74) is -0.927. The summed E-state index contributed by atoms with van der Waals surface area (Å²) in [6, 6.07) is 4.21. The van der Waals surface area contributed by atoms with Crippen LogP contribution in [0.25, 0.3) is 0 Å². The molecule has 0 saturated heterocycles. The van der Waals surface area contributed by atoms with Gasteiger partial charge in [-0.15, -0.1) is 0 Å². The molecule has 1 aromatic carbocycles. The standard InChI is InChI=1S/C19H26F3NO5S/c1-18(2,3)27-17(24)23-16-10-9-14(28-29(4,25)26)11-15(16)12-5-7-13(8-6-12)19(20,21)22/h5-8,14-16H,9-11H2,1-4H3,(H,23,24). The van der Waals surface area contributed by atoms with Crippen molar-refractivity contribution >= 4 is 16.2 Å². The van der Waals surface area contributed by atoms with Crippen molar-refractivity contribution in [1.82, 2.24) is 5.32 Å². The second-order valence-corrected chi connectivity index (χ2v) is 9.82. The second kappa shape index (κ2) is 8.51. The molecule has 0 heterocycles. The molecule has 1 aromatic rings. The van der Waals surface area contributed by atoms with Gasteiger partial charge in [0.05, 0.1) is 17.9 Å². The fourth-order valence-corrected chi connectivity index (χ4v) is 4.06. The maximum Gasteiger partial charge on any atom is 0.416 e. The summed E-state index contributed by atoms with van der Waals surface area (Å²) in [6.45, 7) is 5.16. The molecule has 3 unspecified atom stereocenters. The van der Waals surface area contributed by atoms with E-state index in [4.69, 9.17) is 8.92 Å². The van der Waals surface area contributed by atoms with Crippen molar-refractivity contribution in [3.63, 3.8) is 0 Å². The first kappa shape index (κ1) is 23.5. The van der Waals surface area contributed by atoms with Crippen molar-refractivity contribution in [3.8, 4) is 0 Å². The van der Waals surface area contributed by atoms with E-state index in [0.29, 0.717) is 18.4 Å². The first-order chi connectivity index (χ1) is 13.1. The molecule has 0 aliphatic heterocycles. The SMILES string of the molecule is CC(C)(C)OC(=O)NC1CCC(OS(C)(=O)=O)CC1c1ccc(C(F)(F)F)cc1. The van der Waals surface area contributed by atoms with E-state index in [1.165, 1.54) is 12.1 Å². The van der Waals surface area contributed by atoms with Gasteiger partial charge in [-0.2, -0.15) is 21.6 Å². The van der Waals surface area contributed by atoms with Gasteiger partial charge in [-0.25, -0.2) is 4.79 Å². The zero-order chi connectivity index (χ0) is 22.0. The molecule has 1 amide bonds. The number of halogens is 3. The first-order valence-corrected chi connectivity index (χ1v) is 11.0. The molecule has 1 N–H and O–H groups in total. The number of rotatable bonds is 4. The Morgan fingerprint density at radius 2 is 1.69 bits per heavy atom. The third-order valence-electron chi connectivity index (χ3n) is 4.48. The summed E-state index contributed by atoms with van der Waals surface area (Å²) in [5, 5.41) is 2.76. The van der Waals surface area contributed by atoms with Crippen molar-refractivity contribution in [2.75, 3.05) is 6.26 Å². The molecule has 2 rings (SSSR count). The van der Waals surface area contributed by atoms with Crippen LogP contribution in [0.2, 0.25) is 0 Å². The molecule has 29 heavy (non-hydrogen) atoms. The van der Waals surface area contributed by atoms with Gasteiger partial charge in [0.2, 0.25) is 0 Å². The van der Waals surface area contributed by atoms with Gasteiger partial charge >= 0.3 is 12.3 Å². The number of carbonyl (C=O) groups is 1. The van der Waals surface area contributed by atoms with Crippen LogP contribution in [0, 0.1) is 0 Å². The third-order valence-corrected chi connectivity index (χ3v) is 5.10. The molecule has 1 aliphatic carbocycles. The number of amides is 1. The van der Waals surface area contributed by atoms with E-state index in [9.17, 15) is 26.4 Å².